The first kappa shape index (κ1) is 14.9. The first-order valence-electron chi connectivity index (χ1n) is 6.65. The number of carbonyl (C=O) groups excluding carboxylic acids is 1. The number of aliphatic hydroxyl groups is 1. The van der Waals surface area contributed by atoms with Crippen molar-refractivity contribution in [2.45, 2.75) is 26.3 Å². The summed E-state index contributed by atoms with van der Waals surface area (Å²) >= 11 is 6.03. The van der Waals surface area contributed by atoms with Crippen molar-refractivity contribution in [3.63, 3.8) is 0 Å². The van der Waals surface area contributed by atoms with E-state index in [2.05, 4.69) is 10.6 Å². The number of hydrogen-bond acceptors (Lipinski definition) is 3. The van der Waals surface area contributed by atoms with Crippen LogP contribution in [0.25, 0.3) is 0 Å². The Bertz CT molecular complexity index is 505. The van der Waals surface area contributed by atoms with Crippen LogP contribution >= 0.6 is 11.6 Å². The van der Waals surface area contributed by atoms with Gasteiger partial charge in [0.25, 0.3) is 0 Å². The molecule has 0 fully saturated rings. The van der Waals surface area contributed by atoms with Gasteiger partial charge in [-0.2, -0.15) is 0 Å². The lowest BCUT2D eigenvalue weighted by Crippen LogP contribution is -2.43. The zero-order valence-corrected chi connectivity index (χ0v) is 12.3. The number of carbonyl (C=O) groups is 1. The van der Waals surface area contributed by atoms with E-state index in [1.165, 1.54) is 0 Å². The zero-order valence-electron chi connectivity index (χ0n) is 11.6. The standard InChI is InChI=1S/C14H19ClN2O3/c1-8(2)12(7-18)17-14(19)16-11-6-10(15)5-9-3-4-20-13(9)11/h5-6,8,12,18H,3-4,7H2,1-2H3,(H2,16,17,19)/t12-/m1/s1. The molecule has 6 heteroatoms. The summed E-state index contributed by atoms with van der Waals surface area (Å²) in [5, 5.41) is 15.2. The van der Waals surface area contributed by atoms with E-state index >= 15 is 0 Å². The average molecular weight is 299 g/mol. The molecule has 1 aromatic carbocycles. The molecule has 1 aliphatic rings. The third kappa shape index (κ3) is 3.35. The number of aliphatic hydroxyl groups excluding tert-OH is 1. The molecule has 0 saturated heterocycles. The van der Waals surface area contributed by atoms with Crippen molar-refractivity contribution in [3.8, 4) is 5.75 Å². The molecule has 0 saturated carbocycles. The number of nitrogens with one attached hydrogen (secondary N) is 2. The lowest BCUT2D eigenvalue weighted by Gasteiger charge is -2.20. The van der Waals surface area contributed by atoms with Gasteiger partial charge in [-0.1, -0.05) is 25.4 Å². The van der Waals surface area contributed by atoms with Crippen LogP contribution in [0.2, 0.25) is 5.02 Å². The van der Waals surface area contributed by atoms with E-state index < -0.39 is 0 Å². The fraction of sp³-hybridized carbons (Fsp3) is 0.500. The quantitative estimate of drug-likeness (QED) is 0.799. The van der Waals surface area contributed by atoms with Crippen LogP contribution in [0.5, 0.6) is 5.75 Å². The van der Waals surface area contributed by atoms with Crippen LogP contribution in [-0.2, 0) is 6.42 Å². The van der Waals surface area contributed by atoms with Crippen LogP contribution in [0.15, 0.2) is 12.1 Å². The van der Waals surface area contributed by atoms with E-state index in [0.29, 0.717) is 23.1 Å². The Morgan fingerprint density at radius 2 is 2.25 bits per heavy atom. The Kier molecular flexibility index (Phi) is 4.73. The van der Waals surface area contributed by atoms with Gasteiger partial charge in [-0.05, 0) is 18.1 Å². The lowest BCUT2D eigenvalue weighted by molar-refractivity contribution is 0.204. The normalized spacial score (nSPS) is 14.7. The molecule has 1 aromatic rings. The highest BCUT2D eigenvalue weighted by Gasteiger charge is 2.20. The highest BCUT2D eigenvalue weighted by Crippen LogP contribution is 2.36. The van der Waals surface area contributed by atoms with Crippen LogP contribution < -0.4 is 15.4 Å². The second kappa shape index (κ2) is 6.33. The second-order valence-corrected chi connectivity index (χ2v) is 5.61. The van der Waals surface area contributed by atoms with Crippen LogP contribution in [0.4, 0.5) is 10.5 Å². The molecule has 2 amide bonds. The minimum atomic E-state index is -0.377. The molecule has 1 atom stereocenters. The maximum Gasteiger partial charge on any atom is 0.319 e. The summed E-state index contributed by atoms with van der Waals surface area (Å²) < 4.78 is 5.51. The van der Waals surface area contributed by atoms with E-state index in [1.54, 1.807) is 6.07 Å². The van der Waals surface area contributed by atoms with Crippen LogP contribution in [0.3, 0.4) is 0 Å². The first-order chi connectivity index (χ1) is 9.51. The lowest BCUT2D eigenvalue weighted by atomic mass is 10.1. The molecule has 0 radical (unpaired) electrons. The van der Waals surface area contributed by atoms with Gasteiger partial charge in [-0.15, -0.1) is 0 Å². The van der Waals surface area contributed by atoms with Gasteiger partial charge in [0, 0.05) is 17.0 Å². The third-order valence-corrected chi connectivity index (χ3v) is 3.53. The highest BCUT2D eigenvalue weighted by atomic mass is 35.5. The summed E-state index contributed by atoms with van der Waals surface area (Å²) in [6.07, 6.45) is 0.789. The topological polar surface area (TPSA) is 70.6 Å². The Labute approximate surface area is 123 Å². The number of ether oxygens (including phenoxy) is 1. The molecule has 0 unspecified atom stereocenters. The monoisotopic (exact) mass is 298 g/mol. The Morgan fingerprint density at radius 3 is 2.90 bits per heavy atom. The number of rotatable bonds is 4. The highest BCUT2D eigenvalue weighted by molar-refractivity contribution is 6.31. The summed E-state index contributed by atoms with van der Waals surface area (Å²) in [5.41, 5.74) is 1.55. The molecule has 2 rings (SSSR count). The van der Waals surface area contributed by atoms with Gasteiger partial charge in [-0.3, -0.25) is 0 Å². The predicted molar refractivity (Wildman–Crippen MR) is 78.5 cm³/mol. The number of hydrogen-bond donors (Lipinski definition) is 3. The molecule has 110 valence electrons. The number of amides is 2. The molecule has 1 aliphatic heterocycles. The van der Waals surface area contributed by atoms with Gasteiger partial charge in [-0.25, -0.2) is 4.79 Å². The summed E-state index contributed by atoms with van der Waals surface area (Å²) in [7, 11) is 0. The maximum atomic E-state index is 12.0. The van der Waals surface area contributed by atoms with E-state index in [4.69, 9.17) is 16.3 Å². The number of fused-ring (bicyclic) bond motifs is 1. The van der Waals surface area contributed by atoms with E-state index in [9.17, 15) is 9.90 Å². The average Bonchev–Trinajstić information content (AvgIpc) is 2.83. The Morgan fingerprint density at radius 1 is 1.50 bits per heavy atom. The van der Waals surface area contributed by atoms with Crippen molar-refractivity contribution in [2.24, 2.45) is 5.92 Å². The number of benzene rings is 1. The molecule has 0 bridgehead atoms. The summed E-state index contributed by atoms with van der Waals surface area (Å²) in [6, 6.07) is 2.84. The van der Waals surface area contributed by atoms with Gasteiger partial charge in [0.1, 0.15) is 5.75 Å². The summed E-state index contributed by atoms with van der Waals surface area (Å²) in [6.45, 7) is 4.36. The smallest absolute Gasteiger partial charge is 0.319 e. The molecule has 1 heterocycles. The van der Waals surface area contributed by atoms with Crippen molar-refractivity contribution < 1.29 is 14.6 Å². The van der Waals surface area contributed by atoms with Gasteiger partial charge < -0.3 is 20.5 Å². The van der Waals surface area contributed by atoms with Crippen molar-refractivity contribution in [3.05, 3.63) is 22.7 Å². The summed E-state index contributed by atoms with van der Waals surface area (Å²) in [4.78, 5) is 12.0. The Balaban J connectivity index is 2.09. The molecular weight excluding hydrogens is 280 g/mol. The van der Waals surface area contributed by atoms with Crippen LogP contribution in [-0.4, -0.2) is 30.4 Å². The number of halogens is 1. The first-order valence-corrected chi connectivity index (χ1v) is 7.02. The molecule has 3 N–H and O–H groups in total. The van der Waals surface area contributed by atoms with Crippen LogP contribution in [0, 0.1) is 5.92 Å². The molecule has 0 aliphatic carbocycles. The fourth-order valence-corrected chi connectivity index (χ4v) is 2.35. The van der Waals surface area contributed by atoms with Crippen molar-refractivity contribution in [1.82, 2.24) is 5.32 Å². The maximum absolute atomic E-state index is 12.0. The molecule has 0 aromatic heterocycles. The predicted octanol–water partition coefficient (Wildman–Crippen LogP) is 2.41. The molecule has 20 heavy (non-hydrogen) atoms. The minimum Gasteiger partial charge on any atom is -0.491 e. The van der Waals surface area contributed by atoms with E-state index in [1.807, 2.05) is 19.9 Å². The summed E-state index contributed by atoms with van der Waals surface area (Å²) in [5.74, 6) is 0.821. The Hall–Kier alpha value is -1.46. The van der Waals surface area contributed by atoms with Crippen LogP contribution in [0.1, 0.15) is 19.4 Å². The molecule has 5 nitrogen and oxygen atoms in total. The molecule has 0 spiro atoms. The SMILES string of the molecule is CC(C)[C@@H](CO)NC(=O)Nc1cc(Cl)cc2c1OCC2. The minimum absolute atomic E-state index is 0.102. The second-order valence-electron chi connectivity index (χ2n) is 5.17. The van der Waals surface area contributed by atoms with Gasteiger partial charge >= 0.3 is 6.03 Å². The third-order valence-electron chi connectivity index (χ3n) is 3.31. The van der Waals surface area contributed by atoms with Crippen molar-refractivity contribution in [1.29, 1.82) is 0 Å². The van der Waals surface area contributed by atoms with Gasteiger partial charge in [0.05, 0.1) is 24.9 Å². The van der Waals surface area contributed by atoms with Gasteiger partial charge in [0.2, 0.25) is 0 Å². The largest absolute Gasteiger partial charge is 0.491 e. The van der Waals surface area contributed by atoms with Crippen molar-refractivity contribution in [2.75, 3.05) is 18.5 Å². The van der Waals surface area contributed by atoms with E-state index in [0.717, 1.165) is 12.0 Å². The fourth-order valence-electron chi connectivity index (χ4n) is 2.11. The van der Waals surface area contributed by atoms with E-state index in [-0.39, 0.29) is 24.6 Å². The van der Waals surface area contributed by atoms with Gasteiger partial charge in [0.15, 0.2) is 0 Å². The molecular formula is C14H19ClN2O3. The number of anilines is 1. The van der Waals surface area contributed by atoms with Crippen molar-refractivity contribution >= 4 is 23.3 Å². The zero-order chi connectivity index (χ0) is 14.7. The number of urea groups is 1.